The van der Waals surface area contributed by atoms with Crippen LogP contribution < -0.4 is 5.56 Å². The van der Waals surface area contributed by atoms with Gasteiger partial charge in [-0.05, 0) is 22.9 Å². The number of aromatic amines is 1. The van der Waals surface area contributed by atoms with Gasteiger partial charge >= 0.3 is 0 Å². The molecule has 1 heterocycles. The maximum atomic E-state index is 12.0. The Morgan fingerprint density at radius 2 is 1.47 bits per heavy atom. The Balaban J connectivity index is 2.55. The molecule has 4 aromatic rings. The summed E-state index contributed by atoms with van der Waals surface area (Å²) < 4.78 is 0. The van der Waals surface area contributed by atoms with Gasteiger partial charge < -0.3 is 4.98 Å². The van der Waals surface area contributed by atoms with Gasteiger partial charge in [0.1, 0.15) is 0 Å². The molecule has 17 heavy (non-hydrogen) atoms. The molecule has 2 heteroatoms. The second-order valence-electron chi connectivity index (χ2n) is 4.33. The van der Waals surface area contributed by atoms with Crippen LogP contribution in [-0.2, 0) is 0 Å². The summed E-state index contributed by atoms with van der Waals surface area (Å²) in [6.45, 7) is 0. The Labute approximate surface area is 96.8 Å². The van der Waals surface area contributed by atoms with E-state index in [0.29, 0.717) is 0 Å². The van der Waals surface area contributed by atoms with Crippen LogP contribution in [0.4, 0.5) is 0 Å². The first-order chi connectivity index (χ1) is 8.34. The van der Waals surface area contributed by atoms with Crippen molar-refractivity contribution in [2.75, 3.05) is 0 Å². The van der Waals surface area contributed by atoms with E-state index in [9.17, 15) is 4.79 Å². The smallest absolute Gasteiger partial charge is 0.256 e. The standard InChI is InChI=1S/C15H9NO/c17-15-11-5-1-3-9-7-8-10-4-2-6-12(16-15)14(10)13(9)11/h1-8H,(H,16,17). The van der Waals surface area contributed by atoms with Gasteiger partial charge in [0.15, 0.2) is 0 Å². The van der Waals surface area contributed by atoms with Crippen LogP contribution in [0, 0.1) is 0 Å². The first kappa shape index (κ1) is 8.76. The minimum absolute atomic E-state index is 0.0122. The number of benzene rings is 3. The van der Waals surface area contributed by atoms with Crippen LogP contribution in [0.5, 0.6) is 0 Å². The molecule has 3 aromatic carbocycles. The van der Waals surface area contributed by atoms with Crippen molar-refractivity contribution >= 4 is 32.4 Å². The second-order valence-corrected chi connectivity index (χ2v) is 4.33. The largest absolute Gasteiger partial charge is 0.321 e. The summed E-state index contributed by atoms with van der Waals surface area (Å²) in [5, 5.41) is 5.29. The van der Waals surface area contributed by atoms with E-state index < -0.39 is 0 Å². The quantitative estimate of drug-likeness (QED) is 0.452. The van der Waals surface area contributed by atoms with Crippen molar-refractivity contribution in [2.24, 2.45) is 0 Å². The zero-order valence-corrected chi connectivity index (χ0v) is 9.03. The summed E-state index contributed by atoms with van der Waals surface area (Å²) in [6, 6.07) is 16.0. The molecule has 0 fully saturated rings. The van der Waals surface area contributed by atoms with E-state index in [2.05, 4.69) is 23.2 Å². The lowest BCUT2D eigenvalue weighted by Gasteiger charge is -2.09. The monoisotopic (exact) mass is 219 g/mol. The molecular formula is C15H9NO. The van der Waals surface area contributed by atoms with Gasteiger partial charge in [-0.15, -0.1) is 0 Å². The number of rotatable bonds is 0. The molecule has 1 aromatic heterocycles. The predicted molar refractivity (Wildman–Crippen MR) is 70.8 cm³/mol. The average Bonchev–Trinajstić information content (AvgIpc) is 2.37. The molecule has 4 rings (SSSR count). The van der Waals surface area contributed by atoms with Crippen LogP contribution in [0.25, 0.3) is 32.4 Å². The van der Waals surface area contributed by atoms with E-state index in [0.717, 1.165) is 27.1 Å². The second kappa shape index (κ2) is 2.86. The van der Waals surface area contributed by atoms with E-state index in [1.54, 1.807) is 0 Å². The zero-order chi connectivity index (χ0) is 11.4. The third-order valence-electron chi connectivity index (χ3n) is 3.38. The summed E-state index contributed by atoms with van der Waals surface area (Å²) in [6.07, 6.45) is 0. The summed E-state index contributed by atoms with van der Waals surface area (Å²) in [4.78, 5) is 14.9. The van der Waals surface area contributed by atoms with Crippen LogP contribution in [0.1, 0.15) is 0 Å². The van der Waals surface area contributed by atoms with Crippen LogP contribution in [0.15, 0.2) is 53.3 Å². The van der Waals surface area contributed by atoms with Gasteiger partial charge in [0.05, 0.1) is 0 Å². The number of hydrogen-bond donors (Lipinski definition) is 1. The highest BCUT2D eigenvalue weighted by atomic mass is 16.1. The Bertz CT molecular complexity index is 905. The molecule has 0 aliphatic carbocycles. The van der Waals surface area contributed by atoms with Crippen LogP contribution in [0.2, 0.25) is 0 Å². The lowest BCUT2D eigenvalue weighted by molar-refractivity contribution is 1.35. The molecule has 0 unspecified atom stereocenters. The molecule has 0 bridgehead atoms. The summed E-state index contributed by atoms with van der Waals surface area (Å²) >= 11 is 0. The molecule has 0 saturated heterocycles. The van der Waals surface area contributed by atoms with Gasteiger partial charge in [-0.1, -0.05) is 36.4 Å². The van der Waals surface area contributed by atoms with E-state index >= 15 is 0 Å². The zero-order valence-electron chi connectivity index (χ0n) is 9.03. The van der Waals surface area contributed by atoms with E-state index in [1.165, 1.54) is 5.39 Å². The fourth-order valence-corrected chi connectivity index (χ4v) is 2.64. The molecule has 80 valence electrons. The highest BCUT2D eigenvalue weighted by Gasteiger charge is 2.09. The summed E-state index contributed by atoms with van der Waals surface area (Å²) in [7, 11) is 0. The first-order valence-corrected chi connectivity index (χ1v) is 5.60. The van der Waals surface area contributed by atoms with Gasteiger partial charge in [0, 0.05) is 21.7 Å². The van der Waals surface area contributed by atoms with Gasteiger partial charge in [0.2, 0.25) is 0 Å². The van der Waals surface area contributed by atoms with Crippen molar-refractivity contribution in [2.45, 2.75) is 0 Å². The summed E-state index contributed by atoms with van der Waals surface area (Å²) in [5.74, 6) is 0. The number of hydrogen-bond acceptors (Lipinski definition) is 1. The Morgan fingerprint density at radius 3 is 2.29 bits per heavy atom. The Hall–Kier alpha value is -2.35. The van der Waals surface area contributed by atoms with Crippen molar-refractivity contribution in [3.05, 3.63) is 58.9 Å². The van der Waals surface area contributed by atoms with Crippen molar-refractivity contribution in [3.63, 3.8) is 0 Å². The molecular weight excluding hydrogens is 210 g/mol. The van der Waals surface area contributed by atoms with Gasteiger partial charge in [-0.2, -0.15) is 0 Å². The molecule has 0 aliphatic rings. The van der Waals surface area contributed by atoms with Gasteiger partial charge in [0.25, 0.3) is 5.56 Å². The van der Waals surface area contributed by atoms with Crippen LogP contribution in [-0.4, -0.2) is 4.98 Å². The maximum Gasteiger partial charge on any atom is 0.256 e. The normalized spacial score (nSPS) is 11.8. The number of H-pyrrole nitrogens is 1. The SMILES string of the molecule is O=c1[nH]c2cccc3ccc4cccc1c4c32. The third-order valence-corrected chi connectivity index (χ3v) is 3.38. The number of aromatic nitrogens is 1. The first-order valence-electron chi connectivity index (χ1n) is 5.60. The average molecular weight is 219 g/mol. The van der Waals surface area contributed by atoms with Crippen LogP contribution >= 0.6 is 0 Å². The minimum Gasteiger partial charge on any atom is -0.321 e. The molecule has 1 N–H and O–H groups in total. The highest BCUT2D eigenvalue weighted by molar-refractivity contribution is 6.21. The van der Waals surface area contributed by atoms with E-state index in [1.807, 2.05) is 30.3 Å². The maximum absolute atomic E-state index is 12.0. The topological polar surface area (TPSA) is 32.9 Å². The highest BCUT2D eigenvalue weighted by Crippen LogP contribution is 2.30. The molecule has 0 saturated carbocycles. The van der Waals surface area contributed by atoms with Crippen molar-refractivity contribution in [3.8, 4) is 0 Å². The van der Waals surface area contributed by atoms with Gasteiger partial charge in [-0.3, -0.25) is 4.79 Å². The summed E-state index contributed by atoms with van der Waals surface area (Å²) in [5.41, 5.74) is 0.901. The molecule has 0 radical (unpaired) electrons. The molecule has 0 spiro atoms. The molecule has 0 atom stereocenters. The minimum atomic E-state index is -0.0122. The fraction of sp³-hybridized carbons (Fsp3) is 0. The lowest BCUT2D eigenvalue weighted by Crippen LogP contribution is -2.06. The number of nitrogens with one attached hydrogen (secondary N) is 1. The number of pyridine rings is 1. The molecule has 0 aliphatic heterocycles. The molecule has 0 amide bonds. The van der Waals surface area contributed by atoms with E-state index in [-0.39, 0.29) is 5.56 Å². The van der Waals surface area contributed by atoms with Crippen LogP contribution in [0.3, 0.4) is 0 Å². The lowest BCUT2D eigenvalue weighted by atomic mass is 9.98. The fourth-order valence-electron chi connectivity index (χ4n) is 2.64. The van der Waals surface area contributed by atoms with Crippen molar-refractivity contribution < 1.29 is 0 Å². The van der Waals surface area contributed by atoms with Crippen molar-refractivity contribution in [1.29, 1.82) is 0 Å². The van der Waals surface area contributed by atoms with Crippen molar-refractivity contribution in [1.82, 2.24) is 4.98 Å². The third kappa shape index (κ3) is 1.02. The predicted octanol–water partition coefficient (Wildman–Crippen LogP) is 3.27. The van der Waals surface area contributed by atoms with E-state index in [4.69, 9.17) is 0 Å². The molecule has 2 nitrogen and oxygen atoms in total. The Kier molecular flexibility index (Phi) is 1.47. The van der Waals surface area contributed by atoms with Gasteiger partial charge in [-0.25, -0.2) is 0 Å². The Morgan fingerprint density at radius 1 is 0.765 bits per heavy atom.